The van der Waals surface area contributed by atoms with E-state index < -0.39 is 0 Å². The Morgan fingerprint density at radius 2 is 2.00 bits per heavy atom. The molecule has 2 amide bonds. The molecule has 0 saturated carbocycles. The number of fused-ring (bicyclic) bond motifs is 1. The van der Waals surface area contributed by atoms with E-state index in [1.165, 1.54) is 0 Å². The van der Waals surface area contributed by atoms with Crippen molar-refractivity contribution in [3.05, 3.63) is 59.9 Å². The van der Waals surface area contributed by atoms with Gasteiger partial charge in [0.15, 0.2) is 0 Å². The molecule has 0 aliphatic carbocycles. The number of hydrogen-bond acceptors (Lipinski definition) is 5. The molecule has 0 radical (unpaired) electrons. The number of carbonyl (C=O) groups excluding carboxylic acids is 2. The second-order valence-corrected chi connectivity index (χ2v) is 9.45. The van der Waals surface area contributed by atoms with Crippen LogP contribution in [0.4, 0.5) is 0 Å². The molecule has 2 heterocycles. The van der Waals surface area contributed by atoms with Crippen LogP contribution >= 0.6 is 0 Å². The molecule has 8 nitrogen and oxygen atoms in total. The Balaban J connectivity index is 1.42. The SMILES string of the molecule is COc1cccc(COC2CN(C(=O)CCc3nc4ccccc4[nH]3)CC(=O)N(CC(C)C)C2)c1. The second-order valence-electron chi connectivity index (χ2n) is 9.45. The maximum Gasteiger partial charge on any atom is 0.242 e. The molecule has 4 rings (SSSR count). The van der Waals surface area contributed by atoms with Crippen LogP contribution in [0.3, 0.4) is 0 Å². The smallest absolute Gasteiger partial charge is 0.242 e. The normalized spacial score (nSPS) is 16.7. The van der Waals surface area contributed by atoms with E-state index in [-0.39, 0.29) is 30.9 Å². The van der Waals surface area contributed by atoms with Gasteiger partial charge in [-0.2, -0.15) is 0 Å². The van der Waals surface area contributed by atoms with Crippen molar-refractivity contribution in [3.8, 4) is 5.75 Å². The van der Waals surface area contributed by atoms with Crippen molar-refractivity contribution in [2.75, 3.05) is 33.3 Å². The number of benzene rings is 2. The third-order valence-electron chi connectivity index (χ3n) is 6.10. The summed E-state index contributed by atoms with van der Waals surface area (Å²) in [5, 5.41) is 0. The Labute approximate surface area is 206 Å². The molecule has 1 aliphatic heterocycles. The monoisotopic (exact) mass is 478 g/mol. The van der Waals surface area contributed by atoms with Gasteiger partial charge in [-0.05, 0) is 35.7 Å². The third kappa shape index (κ3) is 6.60. The van der Waals surface area contributed by atoms with E-state index in [1.807, 2.05) is 53.4 Å². The van der Waals surface area contributed by atoms with Crippen LogP contribution in [0.5, 0.6) is 5.75 Å². The first kappa shape index (κ1) is 24.7. The second kappa shape index (κ2) is 11.4. The van der Waals surface area contributed by atoms with E-state index in [0.717, 1.165) is 28.2 Å². The number of rotatable bonds is 9. The van der Waals surface area contributed by atoms with Crippen molar-refractivity contribution >= 4 is 22.8 Å². The number of ether oxygens (including phenoxy) is 2. The molecule has 1 unspecified atom stereocenters. The summed E-state index contributed by atoms with van der Waals surface area (Å²) in [6.07, 6.45) is 0.491. The van der Waals surface area contributed by atoms with Crippen molar-refractivity contribution in [3.63, 3.8) is 0 Å². The Morgan fingerprint density at radius 3 is 2.77 bits per heavy atom. The third-order valence-corrected chi connectivity index (χ3v) is 6.10. The van der Waals surface area contributed by atoms with Crippen LogP contribution in [-0.2, 0) is 27.4 Å². The van der Waals surface area contributed by atoms with Gasteiger partial charge in [0.25, 0.3) is 0 Å². The lowest BCUT2D eigenvalue weighted by Gasteiger charge is -2.26. The average molecular weight is 479 g/mol. The van der Waals surface area contributed by atoms with Gasteiger partial charge >= 0.3 is 0 Å². The zero-order chi connectivity index (χ0) is 24.8. The van der Waals surface area contributed by atoms with Crippen LogP contribution in [0.1, 0.15) is 31.7 Å². The van der Waals surface area contributed by atoms with E-state index in [1.54, 1.807) is 12.0 Å². The van der Waals surface area contributed by atoms with Crippen LogP contribution in [0, 0.1) is 5.92 Å². The zero-order valence-corrected chi connectivity index (χ0v) is 20.7. The van der Waals surface area contributed by atoms with E-state index in [4.69, 9.17) is 9.47 Å². The summed E-state index contributed by atoms with van der Waals surface area (Å²) in [5.41, 5.74) is 2.82. The van der Waals surface area contributed by atoms with Gasteiger partial charge < -0.3 is 24.3 Å². The lowest BCUT2D eigenvalue weighted by atomic mass is 10.2. The molecular weight excluding hydrogens is 444 g/mol. The number of methoxy groups -OCH3 is 1. The molecule has 1 saturated heterocycles. The van der Waals surface area contributed by atoms with Crippen molar-refractivity contribution in [1.82, 2.24) is 19.8 Å². The number of nitrogens with one attached hydrogen (secondary N) is 1. The number of nitrogens with zero attached hydrogens (tertiary/aromatic N) is 3. The first-order chi connectivity index (χ1) is 16.9. The highest BCUT2D eigenvalue weighted by Gasteiger charge is 2.31. The lowest BCUT2D eigenvalue weighted by Crippen LogP contribution is -2.40. The van der Waals surface area contributed by atoms with Gasteiger partial charge in [0.1, 0.15) is 11.6 Å². The predicted octanol–water partition coefficient (Wildman–Crippen LogP) is 3.42. The average Bonchev–Trinajstić information content (AvgIpc) is 3.20. The van der Waals surface area contributed by atoms with E-state index in [9.17, 15) is 9.59 Å². The molecule has 3 aromatic rings. The summed E-state index contributed by atoms with van der Waals surface area (Å²) in [6, 6.07) is 15.5. The molecule has 1 N–H and O–H groups in total. The van der Waals surface area contributed by atoms with Gasteiger partial charge in [0.05, 0.1) is 37.4 Å². The molecule has 1 aliphatic rings. The molecule has 8 heteroatoms. The van der Waals surface area contributed by atoms with Crippen LogP contribution in [0.2, 0.25) is 0 Å². The van der Waals surface area contributed by atoms with Crippen molar-refractivity contribution < 1.29 is 19.1 Å². The number of carbonyl (C=O) groups is 2. The first-order valence-electron chi connectivity index (χ1n) is 12.1. The fraction of sp³-hybridized carbons (Fsp3) is 0.444. The minimum Gasteiger partial charge on any atom is -0.497 e. The number of hydrogen-bond donors (Lipinski definition) is 1. The number of aromatic amines is 1. The molecule has 1 fully saturated rings. The van der Waals surface area contributed by atoms with Gasteiger partial charge in [-0.25, -0.2) is 4.98 Å². The highest BCUT2D eigenvalue weighted by molar-refractivity contribution is 5.85. The van der Waals surface area contributed by atoms with Crippen molar-refractivity contribution in [1.29, 1.82) is 0 Å². The largest absolute Gasteiger partial charge is 0.497 e. The minimum absolute atomic E-state index is 0.0386. The Kier molecular flexibility index (Phi) is 8.02. The van der Waals surface area contributed by atoms with Gasteiger partial charge in [0.2, 0.25) is 11.8 Å². The maximum absolute atomic E-state index is 13.2. The Hall–Kier alpha value is -3.39. The summed E-state index contributed by atoms with van der Waals surface area (Å²) in [5.74, 6) is 1.76. The molecular formula is C27H34N4O4. The summed E-state index contributed by atoms with van der Waals surface area (Å²) in [4.78, 5) is 37.5. The summed E-state index contributed by atoms with van der Waals surface area (Å²) in [6.45, 7) is 6.11. The molecule has 1 atom stereocenters. The van der Waals surface area contributed by atoms with Gasteiger partial charge in [0, 0.05) is 32.5 Å². The maximum atomic E-state index is 13.2. The summed E-state index contributed by atoms with van der Waals surface area (Å²) < 4.78 is 11.5. The highest BCUT2D eigenvalue weighted by Crippen LogP contribution is 2.17. The number of para-hydroxylation sites is 2. The van der Waals surface area contributed by atoms with Crippen LogP contribution < -0.4 is 4.74 Å². The lowest BCUT2D eigenvalue weighted by molar-refractivity contribution is -0.139. The quantitative estimate of drug-likeness (QED) is 0.509. The van der Waals surface area contributed by atoms with Gasteiger partial charge in [-0.3, -0.25) is 9.59 Å². The number of H-pyrrole nitrogens is 1. The molecule has 2 aromatic carbocycles. The number of aromatic nitrogens is 2. The topological polar surface area (TPSA) is 87.8 Å². The number of amides is 2. The summed E-state index contributed by atoms with van der Waals surface area (Å²) in [7, 11) is 1.63. The van der Waals surface area contributed by atoms with Crippen LogP contribution in [0.15, 0.2) is 48.5 Å². The summed E-state index contributed by atoms with van der Waals surface area (Å²) >= 11 is 0. The van der Waals surface area contributed by atoms with Gasteiger partial charge in [-0.1, -0.05) is 38.1 Å². The molecule has 35 heavy (non-hydrogen) atoms. The fourth-order valence-electron chi connectivity index (χ4n) is 4.38. The molecule has 186 valence electrons. The Bertz CT molecular complexity index is 1130. The predicted molar refractivity (Wildman–Crippen MR) is 134 cm³/mol. The molecule has 0 spiro atoms. The zero-order valence-electron chi connectivity index (χ0n) is 20.7. The molecule has 0 bridgehead atoms. The number of aryl methyl sites for hydroxylation is 1. The van der Waals surface area contributed by atoms with Crippen LogP contribution in [-0.4, -0.2) is 71.0 Å². The standard InChI is InChI=1S/C27H34N4O4/c1-19(2)14-30-15-22(35-18-20-7-6-8-21(13-20)34-3)16-31(17-27(30)33)26(32)12-11-25-28-23-9-4-5-10-24(23)29-25/h4-10,13,19,22H,11-12,14-18H2,1-3H3,(H,28,29). The van der Waals surface area contributed by atoms with E-state index in [0.29, 0.717) is 38.6 Å². The van der Waals surface area contributed by atoms with Crippen molar-refractivity contribution in [2.45, 2.75) is 39.4 Å². The number of imidazole rings is 1. The molecule has 1 aromatic heterocycles. The van der Waals surface area contributed by atoms with Crippen LogP contribution in [0.25, 0.3) is 11.0 Å². The fourth-order valence-corrected chi connectivity index (χ4v) is 4.38. The minimum atomic E-state index is -0.276. The van der Waals surface area contributed by atoms with E-state index in [2.05, 4.69) is 23.8 Å². The van der Waals surface area contributed by atoms with Gasteiger partial charge in [-0.15, -0.1) is 0 Å². The first-order valence-corrected chi connectivity index (χ1v) is 12.1. The van der Waals surface area contributed by atoms with E-state index >= 15 is 0 Å². The Morgan fingerprint density at radius 1 is 1.17 bits per heavy atom. The highest BCUT2D eigenvalue weighted by atomic mass is 16.5. The van der Waals surface area contributed by atoms with Crippen molar-refractivity contribution in [2.24, 2.45) is 5.92 Å².